The van der Waals surface area contributed by atoms with Gasteiger partial charge in [-0.25, -0.2) is 4.79 Å². The molecule has 2 atom stereocenters. The van der Waals surface area contributed by atoms with Gasteiger partial charge in [-0.2, -0.15) is 0 Å². The highest BCUT2D eigenvalue weighted by Gasteiger charge is 2.25. The van der Waals surface area contributed by atoms with Gasteiger partial charge in [0.25, 0.3) is 6.29 Å². The van der Waals surface area contributed by atoms with Crippen LogP contribution in [-0.2, 0) is 33.3 Å². The molecule has 0 saturated heterocycles. The number of quaternary nitrogens is 1. The van der Waals surface area contributed by atoms with Crippen LogP contribution in [0.4, 0.5) is 0 Å². The van der Waals surface area contributed by atoms with Crippen molar-refractivity contribution in [1.29, 1.82) is 0 Å². The Balaban J connectivity index is 4.23. The number of aliphatic carboxylic acids is 1. The van der Waals surface area contributed by atoms with Crippen LogP contribution in [0.1, 0.15) is 245 Å². The number of carboxylic acids is 1. The molecule has 0 rings (SSSR count). The summed E-state index contributed by atoms with van der Waals surface area (Å²) in [6.45, 7) is 4.75. The Labute approximate surface area is 437 Å². The fourth-order valence-corrected chi connectivity index (χ4v) is 7.98. The van der Waals surface area contributed by atoms with Crippen LogP contribution in [0.3, 0.4) is 0 Å². The van der Waals surface area contributed by atoms with Gasteiger partial charge in [-0.05, 0) is 83.5 Å². The summed E-state index contributed by atoms with van der Waals surface area (Å²) in [4.78, 5) is 37.4. The molecule has 0 radical (unpaired) electrons. The van der Waals surface area contributed by atoms with E-state index in [4.69, 9.17) is 18.9 Å². The van der Waals surface area contributed by atoms with Crippen molar-refractivity contribution >= 4 is 17.9 Å². The van der Waals surface area contributed by atoms with Crippen molar-refractivity contribution in [2.45, 2.75) is 257 Å². The Morgan fingerprint density at radius 1 is 0.437 bits per heavy atom. The minimum atomic E-state index is -1.51. The molecule has 9 nitrogen and oxygen atoms in total. The van der Waals surface area contributed by atoms with Crippen LogP contribution in [0, 0.1) is 0 Å². The number of likely N-dealkylation sites (N-methyl/N-ethyl adjacent to an activating group) is 1. The van der Waals surface area contributed by atoms with Crippen molar-refractivity contribution in [1.82, 2.24) is 0 Å². The number of nitrogens with zero attached hydrogens (tertiary/aromatic N) is 1. The zero-order valence-electron chi connectivity index (χ0n) is 46.6. The van der Waals surface area contributed by atoms with E-state index >= 15 is 0 Å². The number of carbonyl (C=O) groups excluding carboxylic acids is 2. The van der Waals surface area contributed by atoms with Gasteiger partial charge < -0.3 is 28.5 Å². The Bertz CT molecular complexity index is 1390. The smallest absolute Gasteiger partial charge is 0.361 e. The molecule has 0 amide bonds. The highest BCUT2D eigenvalue weighted by Crippen LogP contribution is 2.16. The number of unbranched alkanes of at least 4 members (excludes halogenated alkanes) is 26. The molecule has 410 valence electrons. The van der Waals surface area contributed by atoms with Crippen molar-refractivity contribution in [2.24, 2.45) is 0 Å². The molecule has 0 aliphatic rings. The fourth-order valence-electron chi connectivity index (χ4n) is 7.98. The third kappa shape index (κ3) is 54.3. The maximum atomic E-state index is 12.9. The maximum absolute atomic E-state index is 12.9. The molecule has 0 aliphatic carbocycles. The van der Waals surface area contributed by atoms with Gasteiger partial charge >= 0.3 is 17.9 Å². The minimum absolute atomic E-state index is 0.185. The third-order valence-electron chi connectivity index (χ3n) is 12.4. The number of carbonyl (C=O) groups is 3. The predicted molar refractivity (Wildman–Crippen MR) is 299 cm³/mol. The van der Waals surface area contributed by atoms with Crippen molar-refractivity contribution in [3.63, 3.8) is 0 Å². The topological polar surface area (TPSA) is 108 Å². The lowest BCUT2D eigenvalue weighted by atomic mass is 10.0. The Kier molecular flexibility index (Phi) is 50.6. The number of ether oxygens (including phenoxy) is 4. The van der Waals surface area contributed by atoms with Crippen molar-refractivity contribution in [3.8, 4) is 0 Å². The molecule has 2 unspecified atom stereocenters. The van der Waals surface area contributed by atoms with Gasteiger partial charge in [0.15, 0.2) is 6.10 Å². The zero-order chi connectivity index (χ0) is 52.0. The first-order chi connectivity index (χ1) is 34.6. The second-order valence-corrected chi connectivity index (χ2v) is 20.6. The van der Waals surface area contributed by atoms with E-state index in [-0.39, 0.29) is 32.2 Å². The lowest BCUT2D eigenvalue weighted by Crippen LogP contribution is -2.40. The molecule has 0 heterocycles. The van der Waals surface area contributed by atoms with E-state index in [2.05, 4.69) is 86.8 Å². The number of esters is 2. The van der Waals surface area contributed by atoms with E-state index in [1.807, 2.05) is 21.1 Å². The van der Waals surface area contributed by atoms with Crippen molar-refractivity contribution in [3.05, 3.63) is 72.9 Å². The van der Waals surface area contributed by atoms with Crippen LogP contribution in [0.15, 0.2) is 72.9 Å². The molecule has 0 aliphatic heterocycles. The molecule has 71 heavy (non-hydrogen) atoms. The molecule has 0 aromatic rings. The summed E-state index contributed by atoms with van der Waals surface area (Å²) in [7, 11) is 5.97. The van der Waals surface area contributed by atoms with Gasteiger partial charge in [0.1, 0.15) is 13.2 Å². The molecule has 1 N–H and O–H groups in total. The van der Waals surface area contributed by atoms with Crippen LogP contribution in [0.25, 0.3) is 0 Å². The van der Waals surface area contributed by atoms with Gasteiger partial charge in [0, 0.05) is 12.8 Å². The first-order valence-corrected chi connectivity index (χ1v) is 29.1. The third-order valence-corrected chi connectivity index (χ3v) is 12.4. The van der Waals surface area contributed by atoms with Crippen molar-refractivity contribution < 1.29 is 42.9 Å². The first-order valence-electron chi connectivity index (χ1n) is 29.1. The number of rotatable bonds is 53. The van der Waals surface area contributed by atoms with Crippen LogP contribution in [0.5, 0.6) is 0 Å². The second-order valence-electron chi connectivity index (χ2n) is 20.6. The van der Waals surface area contributed by atoms with E-state index in [1.54, 1.807) is 0 Å². The summed E-state index contributed by atoms with van der Waals surface area (Å²) >= 11 is 0. The standard InChI is InChI=1S/C62H109NO8/c1-6-8-10-12-14-16-18-20-22-24-26-27-28-29-30-31-32-33-35-37-39-41-43-45-47-49-51-53-60(65)71-58(57-70-62(61(66)67)68-55-54-63(3,4)5)56-69-59(64)52-50-48-46-44-42-40-38-36-34-25-23-21-19-17-15-13-11-9-7-2/h8,10,14-17,20-23,26-27,58,62H,6-7,9,11-13,18-19,24-25,28-57H2,1-5H3/p+1/b10-8-,16-14-,17-15-,22-20-,23-21-,27-26-. The SMILES string of the molecule is CC/C=C\C/C=C\C/C=C\C/C=C\CCCCCCCCCCCCCCCCC(=O)OC(COC(=O)CCCCCCCCCCC/C=C\C/C=C\CCCCC)COC(OCC[N+](C)(C)C)C(=O)O. The van der Waals surface area contributed by atoms with Crippen molar-refractivity contribution in [2.75, 3.05) is 47.5 Å². The minimum Gasteiger partial charge on any atom is -0.477 e. The molecular formula is C62H110NO8+. The largest absolute Gasteiger partial charge is 0.477 e. The van der Waals surface area contributed by atoms with Crippen LogP contribution in [-0.4, -0.2) is 87.4 Å². The summed E-state index contributed by atoms with van der Waals surface area (Å²) in [6, 6.07) is 0. The van der Waals surface area contributed by atoms with Crippen LogP contribution >= 0.6 is 0 Å². The normalized spacial score (nSPS) is 13.3. The molecule has 0 aromatic heterocycles. The van der Waals surface area contributed by atoms with Gasteiger partial charge in [-0.15, -0.1) is 0 Å². The van der Waals surface area contributed by atoms with Crippen LogP contribution < -0.4 is 0 Å². The molecule has 0 spiro atoms. The lowest BCUT2D eigenvalue weighted by Gasteiger charge is -2.25. The average Bonchev–Trinajstić information content (AvgIpc) is 3.34. The quantitative estimate of drug-likeness (QED) is 0.0211. The number of hydrogen-bond donors (Lipinski definition) is 1. The predicted octanol–water partition coefficient (Wildman–Crippen LogP) is 17.0. The zero-order valence-corrected chi connectivity index (χ0v) is 46.6. The highest BCUT2D eigenvalue weighted by molar-refractivity contribution is 5.71. The van der Waals surface area contributed by atoms with E-state index in [0.29, 0.717) is 17.4 Å². The summed E-state index contributed by atoms with van der Waals surface area (Å²) in [5.41, 5.74) is 0. The van der Waals surface area contributed by atoms with E-state index in [1.165, 1.54) is 148 Å². The van der Waals surface area contributed by atoms with Gasteiger partial charge in [0.2, 0.25) is 0 Å². The van der Waals surface area contributed by atoms with Gasteiger partial charge in [-0.3, -0.25) is 9.59 Å². The molecule has 9 heteroatoms. The monoisotopic (exact) mass is 997 g/mol. The Hall–Kier alpha value is -3.27. The van der Waals surface area contributed by atoms with Crippen LogP contribution in [0.2, 0.25) is 0 Å². The van der Waals surface area contributed by atoms with E-state index in [0.717, 1.165) is 70.6 Å². The summed E-state index contributed by atoms with van der Waals surface area (Å²) in [5, 5.41) is 9.70. The lowest BCUT2D eigenvalue weighted by molar-refractivity contribution is -0.870. The Morgan fingerprint density at radius 2 is 0.803 bits per heavy atom. The molecule has 0 bridgehead atoms. The molecule has 0 aromatic carbocycles. The number of hydrogen-bond acceptors (Lipinski definition) is 7. The maximum Gasteiger partial charge on any atom is 0.361 e. The summed E-state index contributed by atoms with van der Waals surface area (Å²) in [5.74, 6) is -2.01. The van der Waals surface area contributed by atoms with E-state index < -0.39 is 24.3 Å². The molecular weight excluding hydrogens is 887 g/mol. The first kappa shape index (κ1) is 67.7. The summed E-state index contributed by atoms with van der Waals surface area (Å²) < 4.78 is 22.9. The fraction of sp³-hybridized carbons (Fsp3) is 0.758. The van der Waals surface area contributed by atoms with Gasteiger partial charge in [0.05, 0.1) is 34.4 Å². The number of carboxylic acid groups (broad SMARTS) is 1. The highest BCUT2D eigenvalue weighted by atomic mass is 16.7. The van der Waals surface area contributed by atoms with E-state index in [9.17, 15) is 19.5 Å². The molecule has 0 saturated carbocycles. The average molecular weight is 998 g/mol. The summed E-state index contributed by atoms with van der Waals surface area (Å²) in [6.07, 6.45) is 65.4. The Morgan fingerprint density at radius 3 is 1.20 bits per heavy atom. The number of allylic oxidation sites excluding steroid dienone is 12. The second kappa shape index (κ2) is 53.0. The van der Waals surface area contributed by atoms with Gasteiger partial charge in [-0.1, -0.05) is 222 Å². The molecule has 0 fully saturated rings.